The lowest BCUT2D eigenvalue weighted by atomic mass is 9.71. The highest BCUT2D eigenvalue weighted by atomic mass is 32.1. The molecule has 1 aromatic heterocycles. The minimum atomic E-state index is -0.662. The summed E-state index contributed by atoms with van der Waals surface area (Å²) in [7, 11) is 0. The molecule has 4 heteroatoms. The predicted molar refractivity (Wildman–Crippen MR) is 174 cm³/mol. The van der Waals surface area contributed by atoms with E-state index in [1.54, 1.807) is 11.3 Å². The molecule has 5 aromatic carbocycles. The van der Waals surface area contributed by atoms with Crippen LogP contribution in [-0.2, 0) is 11.8 Å². The minimum absolute atomic E-state index is 0.438. The summed E-state index contributed by atoms with van der Waals surface area (Å²) in [5.74, 6) is -0.662. The van der Waals surface area contributed by atoms with Gasteiger partial charge in [-0.25, -0.2) is 0 Å². The lowest BCUT2D eigenvalue weighted by Gasteiger charge is -2.32. The van der Waals surface area contributed by atoms with Crippen LogP contribution in [0.4, 0.5) is 17.1 Å². The quantitative estimate of drug-likeness (QED) is 0.208. The average Bonchev–Trinajstić information content (AvgIpc) is 3.70. The number of hydrogen-bond donors (Lipinski definition) is 0. The van der Waals surface area contributed by atoms with Crippen LogP contribution in [0.2, 0.25) is 0 Å². The maximum absolute atomic E-state index is 9.56. The number of fused-ring (bicyclic) bond motifs is 10. The molecule has 0 amide bonds. The summed E-state index contributed by atoms with van der Waals surface area (Å²) in [6.45, 7) is 0. The Morgan fingerprint density at radius 2 is 1.12 bits per heavy atom. The van der Waals surface area contributed by atoms with E-state index in [0.29, 0.717) is 6.42 Å². The molecule has 0 saturated heterocycles. The van der Waals surface area contributed by atoms with Gasteiger partial charge in [0.1, 0.15) is 5.92 Å². The van der Waals surface area contributed by atoms with Crippen molar-refractivity contribution >= 4 is 28.4 Å². The first-order chi connectivity index (χ1) is 21.2. The Bertz CT molecular complexity index is 2000. The fourth-order valence-corrected chi connectivity index (χ4v) is 8.38. The van der Waals surface area contributed by atoms with E-state index >= 15 is 0 Å². The molecule has 202 valence electrons. The summed E-state index contributed by atoms with van der Waals surface area (Å²) in [4.78, 5) is 4.62. The van der Waals surface area contributed by atoms with E-state index in [1.807, 2.05) is 0 Å². The van der Waals surface area contributed by atoms with Crippen molar-refractivity contribution in [3.63, 3.8) is 0 Å². The standard InChI is InChI=1S/C39H25N3S/c40-24-26(25-41)21-30-23-37-38(43-30)33-20-19-29(42(27-11-3-1-4-12-27)28-13-5-2-6-14-28)22-36(33)39(37)34-17-9-7-15-31(34)32-16-8-10-18-35(32)39/h1-20,22-23,26H,21H2. The monoisotopic (exact) mass is 567 g/mol. The first-order valence-electron chi connectivity index (χ1n) is 14.4. The first kappa shape index (κ1) is 25.3. The smallest absolute Gasteiger partial charge is 0.138 e. The molecule has 2 aliphatic rings. The van der Waals surface area contributed by atoms with Crippen LogP contribution in [0, 0.1) is 28.6 Å². The van der Waals surface area contributed by atoms with Gasteiger partial charge in [0.05, 0.1) is 17.6 Å². The summed E-state index contributed by atoms with van der Waals surface area (Å²) < 4.78 is 0. The molecule has 0 atom stereocenters. The molecule has 2 aliphatic carbocycles. The molecule has 3 nitrogen and oxygen atoms in total. The van der Waals surface area contributed by atoms with Crippen LogP contribution in [0.1, 0.15) is 27.1 Å². The van der Waals surface area contributed by atoms with Crippen LogP contribution < -0.4 is 4.90 Å². The Kier molecular flexibility index (Phi) is 5.79. The number of rotatable bonds is 5. The molecule has 43 heavy (non-hydrogen) atoms. The van der Waals surface area contributed by atoms with Crippen LogP contribution in [0.25, 0.3) is 21.6 Å². The highest BCUT2D eigenvalue weighted by molar-refractivity contribution is 7.15. The molecule has 8 rings (SSSR count). The fourth-order valence-electron chi connectivity index (χ4n) is 7.08. The molecule has 0 fully saturated rings. The number of para-hydroxylation sites is 2. The van der Waals surface area contributed by atoms with Crippen molar-refractivity contribution in [1.29, 1.82) is 10.5 Å². The van der Waals surface area contributed by atoms with Crippen molar-refractivity contribution in [2.75, 3.05) is 4.90 Å². The third kappa shape index (κ3) is 3.64. The van der Waals surface area contributed by atoms with Gasteiger partial charge in [-0.2, -0.15) is 10.5 Å². The molecule has 0 radical (unpaired) electrons. The van der Waals surface area contributed by atoms with Crippen molar-refractivity contribution < 1.29 is 0 Å². The molecular weight excluding hydrogens is 543 g/mol. The molecule has 0 N–H and O–H groups in total. The maximum atomic E-state index is 9.56. The molecule has 1 spiro atoms. The van der Waals surface area contributed by atoms with Crippen LogP contribution in [0.15, 0.2) is 133 Å². The number of benzene rings is 5. The number of anilines is 3. The average molecular weight is 568 g/mol. The molecule has 1 heterocycles. The molecule has 0 bridgehead atoms. The van der Waals surface area contributed by atoms with Gasteiger partial charge in [-0.3, -0.25) is 0 Å². The predicted octanol–water partition coefficient (Wildman–Crippen LogP) is 9.77. The summed E-state index contributed by atoms with van der Waals surface area (Å²) in [5, 5.41) is 19.1. The van der Waals surface area contributed by atoms with Gasteiger partial charge in [-0.05, 0) is 81.4 Å². The van der Waals surface area contributed by atoms with E-state index < -0.39 is 11.3 Å². The van der Waals surface area contributed by atoms with E-state index in [1.165, 1.54) is 43.8 Å². The highest BCUT2D eigenvalue weighted by Crippen LogP contribution is 2.65. The fraction of sp³-hybridized carbons (Fsp3) is 0.0769. The third-order valence-electron chi connectivity index (χ3n) is 8.80. The molecular formula is C39H25N3S. The van der Waals surface area contributed by atoms with Gasteiger partial charge in [0, 0.05) is 33.2 Å². The highest BCUT2D eigenvalue weighted by Gasteiger charge is 2.52. The van der Waals surface area contributed by atoms with Crippen molar-refractivity contribution in [3.05, 3.63) is 161 Å². The molecule has 0 unspecified atom stereocenters. The zero-order chi connectivity index (χ0) is 29.0. The number of nitrogens with zero attached hydrogens (tertiary/aromatic N) is 3. The Morgan fingerprint density at radius 1 is 0.558 bits per heavy atom. The van der Waals surface area contributed by atoms with E-state index in [-0.39, 0.29) is 0 Å². The minimum Gasteiger partial charge on any atom is -0.310 e. The molecule has 0 aliphatic heterocycles. The summed E-state index contributed by atoms with van der Waals surface area (Å²) >= 11 is 1.73. The second-order valence-electron chi connectivity index (χ2n) is 11.0. The normalized spacial score (nSPS) is 13.1. The van der Waals surface area contributed by atoms with Gasteiger partial charge in [0.2, 0.25) is 0 Å². The van der Waals surface area contributed by atoms with Crippen LogP contribution in [0.5, 0.6) is 0 Å². The number of nitriles is 2. The van der Waals surface area contributed by atoms with Gasteiger partial charge in [-0.1, -0.05) is 91.0 Å². The Balaban J connectivity index is 1.42. The number of hydrogen-bond acceptors (Lipinski definition) is 4. The van der Waals surface area contributed by atoms with Crippen LogP contribution in [-0.4, -0.2) is 0 Å². The van der Waals surface area contributed by atoms with Crippen LogP contribution in [0.3, 0.4) is 0 Å². The van der Waals surface area contributed by atoms with Gasteiger partial charge in [-0.15, -0.1) is 11.3 Å². The SMILES string of the molecule is N#CC(C#N)Cc1cc2c(s1)-c1ccc(N(c3ccccc3)c3ccccc3)cc1C21c2ccccc2-c2ccccc21. The van der Waals surface area contributed by atoms with Gasteiger partial charge in [0.15, 0.2) is 0 Å². The first-order valence-corrected chi connectivity index (χ1v) is 15.2. The summed E-state index contributed by atoms with van der Waals surface area (Å²) in [6, 6.07) is 52.1. The zero-order valence-electron chi connectivity index (χ0n) is 23.2. The Morgan fingerprint density at radius 3 is 1.70 bits per heavy atom. The van der Waals surface area contributed by atoms with Gasteiger partial charge < -0.3 is 4.90 Å². The topological polar surface area (TPSA) is 50.8 Å². The van der Waals surface area contributed by atoms with Crippen molar-refractivity contribution in [2.45, 2.75) is 11.8 Å². The summed E-state index contributed by atoms with van der Waals surface area (Å²) in [6.07, 6.45) is 0.438. The Labute approximate surface area is 255 Å². The van der Waals surface area contributed by atoms with Crippen LogP contribution >= 0.6 is 11.3 Å². The van der Waals surface area contributed by atoms with E-state index in [9.17, 15) is 10.5 Å². The maximum Gasteiger partial charge on any atom is 0.138 e. The van der Waals surface area contributed by atoms with Gasteiger partial charge in [0.25, 0.3) is 0 Å². The molecule has 6 aromatic rings. The Hall–Kier alpha value is -5.42. The van der Waals surface area contributed by atoms with Crippen molar-refractivity contribution in [3.8, 4) is 33.7 Å². The van der Waals surface area contributed by atoms with E-state index in [0.717, 1.165) is 21.9 Å². The zero-order valence-corrected chi connectivity index (χ0v) is 24.1. The van der Waals surface area contributed by atoms with Crippen molar-refractivity contribution in [2.24, 2.45) is 5.92 Å². The second kappa shape index (κ2) is 9.85. The molecule has 0 saturated carbocycles. The van der Waals surface area contributed by atoms with E-state index in [4.69, 9.17) is 0 Å². The van der Waals surface area contributed by atoms with Crippen molar-refractivity contribution in [1.82, 2.24) is 0 Å². The number of thiophene rings is 1. The lowest BCUT2D eigenvalue weighted by Crippen LogP contribution is -2.26. The summed E-state index contributed by atoms with van der Waals surface area (Å²) in [5.41, 5.74) is 11.6. The van der Waals surface area contributed by atoms with Gasteiger partial charge >= 0.3 is 0 Å². The lowest BCUT2D eigenvalue weighted by molar-refractivity contribution is 0.790. The third-order valence-corrected chi connectivity index (χ3v) is 9.99. The largest absolute Gasteiger partial charge is 0.310 e. The second-order valence-corrected chi connectivity index (χ2v) is 12.2. The van der Waals surface area contributed by atoms with E-state index in [2.05, 4.69) is 150 Å².